The number of benzene rings is 2. The molecule has 1 N–H and O–H groups in total. The first-order chi connectivity index (χ1) is 13.6. The van der Waals surface area contributed by atoms with Crippen molar-refractivity contribution in [3.8, 4) is 28.5 Å². The largest absolute Gasteiger partial charge is 0.493 e. The molecule has 28 heavy (non-hydrogen) atoms. The molecule has 1 aromatic heterocycles. The molecule has 7 nitrogen and oxygen atoms in total. The van der Waals surface area contributed by atoms with Crippen LogP contribution in [0.4, 0.5) is 5.95 Å². The van der Waals surface area contributed by atoms with E-state index in [0.717, 1.165) is 17.0 Å². The van der Waals surface area contributed by atoms with Crippen LogP contribution in [0.1, 0.15) is 5.56 Å². The number of rotatable bonds is 8. The van der Waals surface area contributed by atoms with Crippen LogP contribution >= 0.6 is 11.6 Å². The lowest BCUT2D eigenvalue weighted by molar-refractivity contribution is 0.324. The first kappa shape index (κ1) is 19.7. The zero-order valence-corrected chi connectivity index (χ0v) is 16.7. The maximum Gasteiger partial charge on any atom is 0.243 e. The first-order valence-electron chi connectivity index (χ1n) is 8.63. The smallest absolute Gasteiger partial charge is 0.243 e. The summed E-state index contributed by atoms with van der Waals surface area (Å²) in [6.45, 7) is 0.669. The standard InChI is InChI=1S/C20H21ClN4O3/c1-26-17-10-14(11-18(27-2)19(17)28-3)16-12-23-25-20(24-16)22-9-8-13-4-6-15(21)7-5-13/h4-7,10-12H,8-9H2,1-3H3,(H,22,24,25). The molecule has 0 saturated heterocycles. The van der Waals surface area contributed by atoms with E-state index >= 15 is 0 Å². The third-order valence-corrected chi connectivity index (χ3v) is 4.38. The highest BCUT2D eigenvalue weighted by Crippen LogP contribution is 2.40. The molecule has 3 aromatic rings. The van der Waals surface area contributed by atoms with Gasteiger partial charge in [0.25, 0.3) is 0 Å². The number of nitrogens with one attached hydrogen (secondary N) is 1. The average Bonchev–Trinajstić information content (AvgIpc) is 2.74. The second-order valence-corrected chi connectivity index (χ2v) is 6.32. The Morgan fingerprint density at radius 1 is 0.964 bits per heavy atom. The summed E-state index contributed by atoms with van der Waals surface area (Å²) in [6, 6.07) is 11.4. The number of hydrogen-bond acceptors (Lipinski definition) is 7. The highest BCUT2D eigenvalue weighted by Gasteiger charge is 2.15. The monoisotopic (exact) mass is 400 g/mol. The zero-order chi connectivity index (χ0) is 19.9. The van der Waals surface area contributed by atoms with Gasteiger partial charge in [0.15, 0.2) is 11.5 Å². The van der Waals surface area contributed by atoms with Crippen molar-refractivity contribution >= 4 is 17.5 Å². The highest BCUT2D eigenvalue weighted by molar-refractivity contribution is 6.30. The summed E-state index contributed by atoms with van der Waals surface area (Å²) in [6.07, 6.45) is 2.40. The lowest BCUT2D eigenvalue weighted by Gasteiger charge is -2.14. The van der Waals surface area contributed by atoms with E-state index in [-0.39, 0.29) is 0 Å². The van der Waals surface area contributed by atoms with E-state index in [0.29, 0.717) is 35.4 Å². The Bertz CT molecular complexity index is 910. The van der Waals surface area contributed by atoms with Crippen LogP contribution in [-0.2, 0) is 6.42 Å². The minimum Gasteiger partial charge on any atom is -0.493 e. The van der Waals surface area contributed by atoms with Gasteiger partial charge in [-0.05, 0) is 36.2 Å². The van der Waals surface area contributed by atoms with Crippen LogP contribution in [0.3, 0.4) is 0 Å². The van der Waals surface area contributed by atoms with E-state index in [4.69, 9.17) is 25.8 Å². The summed E-state index contributed by atoms with van der Waals surface area (Å²) >= 11 is 5.91. The van der Waals surface area contributed by atoms with E-state index in [1.54, 1.807) is 27.5 Å². The van der Waals surface area contributed by atoms with Gasteiger partial charge in [0.05, 0.1) is 33.2 Å². The van der Waals surface area contributed by atoms with Gasteiger partial charge in [0, 0.05) is 17.1 Å². The van der Waals surface area contributed by atoms with Crippen molar-refractivity contribution < 1.29 is 14.2 Å². The fourth-order valence-electron chi connectivity index (χ4n) is 2.72. The predicted molar refractivity (Wildman–Crippen MR) is 109 cm³/mol. The van der Waals surface area contributed by atoms with Crippen LogP contribution < -0.4 is 19.5 Å². The summed E-state index contributed by atoms with van der Waals surface area (Å²) in [5.74, 6) is 2.07. The Hall–Kier alpha value is -3.06. The molecule has 0 aliphatic heterocycles. The van der Waals surface area contributed by atoms with Crippen LogP contribution in [0.5, 0.6) is 17.2 Å². The minimum absolute atomic E-state index is 0.445. The summed E-state index contributed by atoms with van der Waals surface area (Å²) in [4.78, 5) is 4.54. The molecule has 0 radical (unpaired) electrons. The van der Waals surface area contributed by atoms with E-state index in [9.17, 15) is 0 Å². The van der Waals surface area contributed by atoms with Crippen molar-refractivity contribution in [2.75, 3.05) is 33.2 Å². The number of ether oxygens (including phenoxy) is 3. The van der Waals surface area contributed by atoms with Gasteiger partial charge in [0.2, 0.25) is 11.7 Å². The minimum atomic E-state index is 0.445. The van der Waals surface area contributed by atoms with Crippen LogP contribution in [0.25, 0.3) is 11.3 Å². The fourth-order valence-corrected chi connectivity index (χ4v) is 2.84. The third-order valence-electron chi connectivity index (χ3n) is 4.13. The molecule has 0 saturated carbocycles. The third kappa shape index (κ3) is 4.61. The number of methoxy groups -OCH3 is 3. The van der Waals surface area contributed by atoms with Gasteiger partial charge in [-0.1, -0.05) is 23.7 Å². The second kappa shape index (κ2) is 9.23. The fraction of sp³-hybridized carbons (Fsp3) is 0.250. The predicted octanol–water partition coefficient (Wildman–Crippen LogP) is 3.87. The molecule has 0 fully saturated rings. The number of hydrogen-bond donors (Lipinski definition) is 1. The van der Waals surface area contributed by atoms with E-state index in [1.807, 2.05) is 36.4 Å². The Kier molecular flexibility index (Phi) is 6.49. The molecule has 0 spiro atoms. The molecule has 0 aliphatic rings. The molecule has 8 heteroatoms. The van der Waals surface area contributed by atoms with Crippen LogP contribution in [0, 0.1) is 0 Å². The lowest BCUT2D eigenvalue weighted by Crippen LogP contribution is -2.09. The number of aromatic nitrogens is 3. The van der Waals surface area contributed by atoms with Gasteiger partial charge in [0.1, 0.15) is 0 Å². The van der Waals surface area contributed by atoms with Crippen molar-refractivity contribution in [1.82, 2.24) is 15.2 Å². The molecular weight excluding hydrogens is 380 g/mol. The summed E-state index contributed by atoms with van der Waals surface area (Å²) in [5, 5.41) is 12.0. The molecular formula is C20H21ClN4O3. The Morgan fingerprint density at radius 3 is 2.25 bits per heavy atom. The van der Waals surface area contributed by atoms with Crippen molar-refractivity contribution in [1.29, 1.82) is 0 Å². The topological polar surface area (TPSA) is 78.4 Å². The van der Waals surface area contributed by atoms with Crippen LogP contribution in [-0.4, -0.2) is 43.1 Å². The van der Waals surface area contributed by atoms with Gasteiger partial charge in [-0.25, -0.2) is 4.98 Å². The van der Waals surface area contributed by atoms with Gasteiger partial charge in [-0.2, -0.15) is 5.10 Å². The highest BCUT2D eigenvalue weighted by atomic mass is 35.5. The van der Waals surface area contributed by atoms with Gasteiger partial charge >= 0.3 is 0 Å². The van der Waals surface area contributed by atoms with Crippen molar-refractivity contribution in [3.05, 3.63) is 53.2 Å². The normalized spacial score (nSPS) is 10.4. The van der Waals surface area contributed by atoms with Gasteiger partial charge in [-0.15, -0.1) is 5.10 Å². The molecule has 0 bridgehead atoms. The van der Waals surface area contributed by atoms with Crippen LogP contribution in [0.2, 0.25) is 5.02 Å². The van der Waals surface area contributed by atoms with Gasteiger partial charge in [-0.3, -0.25) is 0 Å². The van der Waals surface area contributed by atoms with Crippen molar-refractivity contribution in [2.24, 2.45) is 0 Å². The first-order valence-corrected chi connectivity index (χ1v) is 9.00. The molecule has 0 aliphatic carbocycles. The summed E-state index contributed by atoms with van der Waals surface area (Å²) in [5.41, 5.74) is 2.60. The molecule has 0 unspecified atom stereocenters. The Balaban J connectivity index is 1.76. The average molecular weight is 401 g/mol. The lowest BCUT2D eigenvalue weighted by atomic mass is 10.1. The molecule has 146 valence electrons. The Labute approximate surface area is 168 Å². The van der Waals surface area contributed by atoms with E-state index in [1.165, 1.54) is 5.56 Å². The zero-order valence-electron chi connectivity index (χ0n) is 15.9. The SMILES string of the molecule is COc1cc(-c2cnnc(NCCc3ccc(Cl)cc3)n2)cc(OC)c1OC. The van der Waals surface area contributed by atoms with E-state index < -0.39 is 0 Å². The van der Waals surface area contributed by atoms with Gasteiger partial charge < -0.3 is 19.5 Å². The number of nitrogens with zero attached hydrogens (tertiary/aromatic N) is 3. The van der Waals surface area contributed by atoms with Crippen LogP contribution in [0.15, 0.2) is 42.6 Å². The van der Waals surface area contributed by atoms with E-state index in [2.05, 4.69) is 20.5 Å². The van der Waals surface area contributed by atoms with Crippen molar-refractivity contribution in [3.63, 3.8) is 0 Å². The summed E-state index contributed by atoms with van der Waals surface area (Å²) in [7, 11) is 4.71. The molecule has 0 atom stereocenters. The summed E-state index contributed by atoms with van der Waals surface area (Å²) < 4.78 is 16.2. The maximum atomic E-state index is 5.91. The maximum absolute atomic E-state index is 5.91. The molecule has 2 aromatic carbocycles. The van der Waals surface area contributed by atoms with Crippen molar-refractivity contribution in [2.45, 2.75) is 6.42 Å². The molecule has 1 heterocycles. The molecule has 0 amide bonds. The number of halogens is 1. The number of anilines is 1. The second-order valence-electron chi connectivity index (χ2n) is 5.88. The quantitative estimate of drug-likeness (QED) is 0.614. The molecule has 3 rings (SSSR count). The Morgan fingerprint density at radius 2 is 1.64 bits per heavy atom.